The lowest BCUT2D eigenvalue weighted by Crippen LogP contribution is -2.24. The van der Waals surface area contributed by atoms with Gasteiger partial charge in [-0.15, -0.1) is 11.3 Å². The summed E-state index contributed by atoms with van der Waals surface area (Å²) in [5.74, 6) is 1.10. The molecule has 0 N–H and O–H groups in total. The number of carbonyl (C=O) groups excluding carboxylic acids is 1. The van der Waals surface area contributed by atoms with Gasteiger partial charge in [0.1, 0.15) is 34.5 Å². The second kappa shape index (κ2) is 9.77. The fourth-order valence-corrected chi connectivity index (χ4v) is 5.23. The quantitative estimate of drug-likeness (QED) is 0.372. The van der Waals surface area contributed by atoms with E-state index in [0.717, 1.165) is 42.8 Å². The highest BCUT2D eigenvalue weighted by Crippen LogP contribution is 2.29. The van der Waals surface area contributed by atoms with Crippen LogP contribution in [0.4, 0.5) is 0 Å². The first kappa shape index (κ1) is 22.3. The minimum absolute atomic E-state index is 0.0454. The van der Waals surface area contributed by atoms with E-state index >= 15 is 0 Å². The van der Waals surface area contributed by atoms with Gasteiger partial charge in [-0.1, -0.05) is 24.6 Å². The monoisotopic (exact) mass is 475 g/mol. The molecule has 1 aliphatic rings. The number of aryl methyl sites for hydroxylation is 2. The molecular formula is C26H25N3O4S. The van der Waals surface area contributed by atoms with E-state index < -0.39 is 5.97 Å². The summed E-state index contributed by atoms with van der Waals surface area (Å²) in [7, 11) is 0. The molecule has 0 radical (unpaired) electrons. The number of benzene rings is 1. The molecule has 3 aromatic heterocycles. The molecule has 34 heavy (non-hydrogen) atoms. The second-order valence-electron chi connectivity index (χ2n) is 8.36. The zero-order valence-corrected chi connectivity index (χ0v) is 19.8. The van der Waals surface area contributed by atoms with E-state index in [9.17, 15) is 9.59 Å². The molecule has 0 aliphatic carbocycles. The Bertz CT molecular complexity index is 1380. The summed E-state index contributed by atoms with van der Waals surface area (Å²) >= 11 is 1.24. The number of hydrogen-bond acceptors (Lipinski definition) is 7. The molecule has 0 atom stereocenters. The van der Waals surface area contributed by atoms with Gasteiger partial charge in [0.05, 0.1) is 11.1 Å². The van der Waals surface area contributed by atoms with Gasteiger partial charge in [-0.25, -0.2) is 9.78 Å². The van der Waals surface area contributed by atoms with Crippen LogP contribution in [-0.2, 0) is 30.9 Å². The number of rotatable bonds is 6. The van der Waals surface area contributed by atoms with Crippen LogP contribution in [0, 0.1) is 6.92 Å². The van der Waals surface area contributed by atoms with Crippen LogP contribution < -0.4 is 10.3 Å². The van der Waals surface area contributed by atoms with Crippen LogP contribution in [0.2, 0.25) is 0 Å². The van der Waals surface area contributed by atoms with E-state index in [-0.39, 0.29) is 12.2 Å². The van der Waals surface area contributed by atoms with Gasteiger partial charge in [0, 0.05) is 19.2 Å². The van der Waals surface area contributed by atoms with Crippen LogP contribution in [0.5, 0.6) is 5.75 Å². The minimum atomic E-state index is -0.435. The molecule has 4 heterocycles. The summed E-state index contributed by atoms with van der Waals surface area (Å²) in [6.45, 7) is 3.01. The Morgan fingerprint density at radius 2 is 1.94 bits per heavy atom. The highest BCUT2D eigenvalue weighted by molar-refractivity contribution is 7.20. The van der Waals surface area contributed by atoms with Gasteiger partial charge in [0.2, 0.25) is 0 Å². The standard InChI is InChI=1S/C26H25N3O4S/c1-17-22-24(28-21-8-3-2-6-14-29(21)25(22)30)34-23(17)26(31)33-15-18-9-11-20(12-10-18)32-16-19-7-4-5-13-27-19/h4-5,7,9-13H,2-3,6,8,14-16H2,1H3. The van der Waals surface area contributed by atoms with Gasteiger partial charge >= 0.3 is 5.97 Å². The summed E-state index contributed by atoms with van der Waals surface area (Å²) in [6.07, 6.45) is 5.64. The highest BCUT2D eigenvalue weighted by atomic mass is 32.1. The summed E-state index contributed by atoms with van der Waals surface area (Å²) in [5, 5.41) is 0.539. The van der Waals surface area contributed by atoms with Crippen molar-refractivity contribution in [1.29, 1.82) is 0 Å². The lowest BCUT2D eigenvalue weighted by atomic mass is 10.2. The predicted molar refractivity (Wildman–Crippen MR) is 130 cm³/mol. The molecule has 7 nitrogen and oxygen atoms in total. The average Bonchev–Trinajstić information content (AvgIpc) is 3.03. The number of fused-ring (bicyclic) bond motifs is 2. The molecule has 8 heteroatoms. The number of aromatic nitrogens is 3. The number of nitrogens with zero attached hydrogens (tertiary/aromatic N) is 3. The molecule has 174 valence electrons. The van der Waals surface area contributed by atoms with Crippen LogP contribution >= 0.6 is 11.3 Å². The summed E-state index contributed by atoms with van der Waals surface area (Å²) in [4.78, 5) is 36.0. The fraction of sp³-hybridized carbons (Fsp3) is 0.308. The molecule has 0 unspecified atom stereocenters. The maximum atomic E-state index is 13.1. The van der Waals surface area contributed by atoms with E-state index in [0.29, 0.717) is 39.6 Å². The third-order valence-electron chi connectivity index (χ3n) is 6.00. The highest BCUT2D eigenvalue weighted by Gasteiger charge is 2.23. The van der Waals surface area contributed by atoms with E-state index in [1.165, 1.54) is 11.3 Å². The van der Waals surface area contributed by atoms with Crippen LogP contribution in [-0.4, -0.2) is 20.5 Å². The number of esters is 1. The van der Waals surface area contributed by atoms with Crippen molar-refractivity contribution in [1.82, 2.24) is 14.5 Å². The maximum absolute atomic E-state index is 13.1. The Balaban J connectivity index is 1.26. The van der Waals surface area contributed by atoms with Crippen LogP contribution in [0.15, 0.2) is 53.5 Å². The number of ether oxygens (including phenoxy) is 2. The molecule has 1 aromatic carbocycles. The number of thiophene rings is 1. The molecule has 0 spiro atoms. The Kier molecular flexibility index (Phi) is 6.40. The first-order valence-corrected chi connectivity index (χ1v) is 12.2. The van der Waals surface area contributed by atoms with Crippen molar-refractivity contribution in [3.8, 4) is 5.75 Å². The first-order chi connectivity index (χ1) is 16.6. The minimum Gasteiger partial charge on any atom is -0.487 e. The third kappa shape index (κ3) is 4.59. The molecule has 4 aromatic rings. The van der Waals surface area contributed by atoms with E-state index in [2.05, 4.69) is 4.98 Å². The Labute approximate surface area is 201 Å². The van der Waals surface area contributed by atoms with Crippen molar-refractivity contribution in [3.05, 3.63) is 86.5 Å². The number of pyridine rings is 1. The third-order valence-corrected chi connectivity index (χ3v) is 7.17. The Morgan fingerprint density at radius 1 is 1.09 bits per heavy atom. The molecule has 0 amide bonds. The number of carbonyl (C=O) groups is 1. The van der Waals surface area contributed by atoms with Gasteiger partial charge in [0.25, 0.3) is 5.56 Å². The molecule has 0 fully saturated rings. The Morgan fingerprint density at radius 3 is 2.74 bits per heavy atom. The first-order valence-electron chi connectivity index (χ1n) is 11.4. The number of hydrogen-bond donors (Lipinski definition) is 0. The van der Waals surface area contributed by atoms with Gasteiger partial charge in [0.15, 0.2) is 0 Å². The molecule has 5 rings (SSSR count). The van der Waals surface area contributed by atoms with Crippen LogP contribution in [0.25, 0.3) is 10.2 Å². The Hall–Kier alpha value is -3.52. The van der Waals surface area contributed by atoms with E-state index in [1.807, 2.05) is 42.5 Å². The zero-order valence-electron chi connectivity index (χ0n) is 19.0. The lowest BCUT2D eigenvalue weighted by molar-refractivity contribution is 0.0478. The molecule has 0 saturated carbocycles. The second-order valence-corrected chi connectivity index (χ2v) is 9.36. The van der Waals surface area contributed by atoms with Gasteiger partial charge in [-0.3, -0.25) is 14.3 Å². The van der Waals surface area contributed by atoms with Crippen LogP contribution in [0.1, 0.15) is 51.6 Å². The molecule has 0 saturated heterocycles. The van der Waals surface area contributed by atoms with Crippen LogP contribution in [0.3, 0.4) is 0 Å². The average molecular weight is 476 g/mol. The van der Waals surface area contributed by atoms with Crippen molar-refractivity contribution in [2.45, 2.75) is 52.4 Å². The molecular weight excluding hydrogens is 450 g/mol. The largest absolute Gasteiger partial charge is 0.487 e. The summed E-state index contributed by atoms with van der Waals surface area (Å²) < 4.78 is 13.1. The van der Waals surface area contributed by atoms with Crippen molar-refractivity contribution >= 4 is 27.5 Å². The van der Waals surface area contributed by atoms with E-state index in [1.54, 1.807) is 17.7 Å². The van der Waals surface area contributed by atoms with Gasteiger partial charge < -0.3 is 9.47 Å². The molecule has 1 aliphatic heterocycles. The van der Waals surface area contributed by atoms with Gasteiger partial charge in [-0.2, -0.15) is 0 Å². The van der Waals surface area contributed by atoms with E-state index in [4.69, 9.17) is 14.5 Å². The van der Waals surface area contributed by atoms with Crippen molar-refractivity contribution in [2.75, 3.05) is 0 Å². The predicted octanol–water partition coefficient (Wildman–Crippen LogP) is 4.82. The maximum Gasteiger partial charge on any atom is 0.349 e. The van der Waals surface area contributed by atoms with Crippen molar-refractivity contribution < 1.29 is 14.3 Å². The summed E-state index contributed by atoms with van der Waals surface area (Å²) in [5.41, 5.74) is 2.31. The zero-order chi connectivity index (χ0) is 23.5. The molecule has 0 bridgehead atoms. The normalized spacial score (nSPS) is 13.3. The van der Waals surface area contributed by atoms with Crippen molar-refractivity contribution in [3.63, 3.8) is 0 Å². The lowest BCUT2D eigenvalue weighted by Gasteiger charge is -2.08. The van der Waals surface area contributed by atoms with Crippen molar-refractivity contribution in [2.24, 2.45) is 0 Å². The fourth-order valence-electron chi connectivity index (χ4n) is 4.14. The topological polar surface area (TPSA) is 83.3 Å². The summed E-state index contributed by atoms with van der Waals surface area (Å²) in [6, 6.07) is 13.1. The smallest absolute Gasteiger partial charge is 0.349 e. The van der Waals surface area contributed by atoms with Gasteiger partial charge in [-0.05, 0) is 55.2 Å². The SMILES string of the molecule is Cc1c(C(=O)OCc2ccc(OCc3ccccn3)cc2)sc2nc3n(c(=O)c12)CCCCC3.